The number of benzene rings is 2. The molecule has 2 aromatic carbocycles. The van der Waals surface area contributed by atoms with Crippen LogP contribution < -0.4 is 4.74 Å². The van der Waals surface area contributed by atoms with E-state index in [4.69, 9.17) is 21.1 Å². The smallest absolute Gasteiger partial charge is 0.360 e. The third-order valence-corrected chi connectivity index (χ3v) is 4.39. The van der Waals surface area contributed by atoms with Gasteiger partial charge in [-0.2, -0.15) is 0 Å². The van der Waals surface area contributed by atoms with Crippen LogP contribution in [0.25, 0.3) is 10.8 Å². The maximum atomic E-state index is 13.1. The molecule has 1 aromatic heterocycles. The Bertz CT molecular complexity index is 1010. The zero-order valence-corrected chi connectivity index (χ0v) is 15.8. The number of carbonyl (C=O) groups excluding carboxylic acids is 1. The zero-order chi connectivity index (χ0) is 18.8. The third kappa shape index (κ3) is 3.59. The Hall–Kier alpha value is -2.38. The lowest BCUT2D eigenvalue weighted by molar-refractivity contribution is 0.0516. The lowest BCUT2D eigenvalue weighted by Crippen LogP contribution is -2.08. The van der Waals surface area contributed by atoms with Crippen LogP contribution in [0, 0.1) is 5.82 Å². The Labute approximate surface area is 161 Å². The summed E-state index contributed by atoms with van der Waals surface area (Å²) in [6.45, 7) is 1.83. The molecule has 0 radical (unpaired) electrons. The molecule has 0 atom stereocenters. The van der Waals surface area contributed by atoms with Gasteiger partial charge in [-0.05, 0) is 59.3 Å². The molecule has 0 fully saturated rings. The van der Waals surface area contributed by atoms with E-state index in [0.717, 1.165) is 6.07 Å². The van der Waals surface area contributed by atoms with Crippen LogP contribution in [0.5, 0.6) is 17.2 Å². The predicted octanol–water partition coefficient (Wildman–Crippen LogP) is 5.46. The van der Waals surface area contributed by atoms with Crippen molar-refractivity contribution in [2.24, 2.45) is 0 Å². The van der Waals surface area contributed by atoms with Crippen LogP contribution in [-0.2, 0) is 4.74 Å². The highest BCUT2D eigenvalue weighted by Crippen LogP contribution is 2.37. The van der Waals surface area contributed by atoms with E-state index in [9.17, 15) is 14.3 Å². The number of nitrogens with zero attached hydrogens (tertiary/aromatic N) is 1. The van der Waals surface area contributed by atoms with Crippen LogP contribution in [0.2, 0.25) is 5.02 Å². The van der Waals surface area contributed by atoms with Crippen LogP contribution in [0.15, 0.2) is 41.0 Å². The van der Waals surface area contributed by atoms with Gasteiger partial charge >= 0.3 is 5.97 Å². The zero-order valence-electron chi connectivity index (χ0n) is 13.4. The van der Waals surface area contributed by atoms with Gasteiger partial charge in [-0.3, -0.25) is 0 Å². The van der Waals surface area contributed by atoms with Crippen LogP contribution in [0.4, 0.5) is 4.39 Å². The van der Waals surface area contributed by atoms with Crippen molar-refractivity contribution in [2.45, 2.75) is 6.92 Å². The number of fused-ring (bicyclic) bond motifs is 1. The van der Waals surface area contributed by atoms with Gasteiger partial charge in [0.15, 0.2) is 11.4 Å². The van der Waals surface area contributed by atoms with Gasteiger partial charge in [0.2, 0.25) is 0 Å². The highest BCUT2D eigenvalue weighted by atomic mass is 79.9. The number of halogens is 3. The molecule has 0 aliphatic carbocycles. The average molecular weight is 441 g/mol. The molecule has 0 bridgehead atoms. The molecule has 0 spiro atoms. The first kappa shape index (κ1) is 18.4. The molecule has 0 aliphatic rings. The fraction of sp³-hybridized carbons (Fsp3) is 0.111. The van der Waals surface area contributed by atoms with Gasteiger partial charge < -0.3 is 14.6 Å². The number of aromatic hydroxyl groups is 1. The summed E-state index contributed by atoms with van der Waals surface area (Å²) in [5.74, 6) is -0.788. The second-order valence-electron chi connectivity index (χ2n) is 5.20. The van der Waals surface area contributed by atoms with Gasteiger partial charge in [-0.15, -0.1) is 0 Å². The standard InChI is InChI=1S/C18H12BrClFNO4/c1-2-25-18(24)15-16(23)11-5-4-10(8-12(11)17(19)22-15)26-14-6-3-9(21)7-13(14)20/h3-8,23H,2H2,1H3. The number of rotatable bonds is 4. The Balaban J connectivity index is 2.02. The average Bonchev–Trinajstić information content (AvgIpc) is 2.60. The van der Waals surface area contributed by atoms with Crippen LogP contribution in [0.3, 0.4) is 0 Å². The van der Waals surface area contributed by atoms with Gasteiger partial charge in [0, 0.05) is 10.8 Å². The first-order valence-corrected chi connectivity index (χ1v) is 8.70. The summed E-state index contributed by atoms with van der Waals surface area (Å²) in [4.78, 5) is 16.0. The number of carbonyl (C=O) groups is 1. The van der Waals surface area contributed by atoms with E-state index in [1.165, 1.54) is 12.1 Å². The Morgan fingerprint density at radius 2 is 2.04 bits per heavy atom. The van der Waals surface area contributed by atoms with Gasteiger partial charge in [0.1, 0.15) is 21.9 Å². The van der Waals surface area contributed by atoms with Crippen LogP contribution in [-0.4, -0.2) is 22.7 Å². The van der Waals surface area contributed by atoms with Crippen molar-refractivity contribution >= 4 is 44.3 Å². The molecule has 8 heteroatoms. The highest BCUT2D eigenvalue weighted by molar-refractivity contribution is 9.10. The van der Waals surface area contributed by atoms with Gasteiger partial charge in [-0.25, -0.2) is 14.2 Å². The molecule has 134 valence electrons. The van der Waals surface area contributed by atoms with E-state index in [-0.39, 0.29) is 28.8 Å². The van der Waals surface area contributed by atoms with E-state index >= 15 is 0 Å². The molecule has 0 saturated carbocycles. The van der Waals surface area contributed by atoms with E-state index in [0.29, 0.717) is 21.1 Å². The molecule has 26 heavy (non-hydrogen) atoms. The molecular formula is C18H12BrClFNO4. The summed E-state index contributed by atoms with van der Waals surface area (Å²) in [5, 5.41) is 11.4. The molecule has 0 aliphatic heterocycles. The quantitative estimate of drug-likeness (QED) is 0.431. The lowest BCUT2D eigenvalue weighted by atomic mass is 10.1. The second kappa shape index (κ2) is 7.47. The Morgan fingerprint density at radius 3 is 2.73 bits per heavy atom. The fourth-order valence-corrected chi connectivity index (χ4v) is 3.04. The van der Waals surface area contributed by atoms with Gasteiger partial charge in [0.05, 0.1) is 11.6 Å². The minimum Gasteiger partial charge on any atom is -0.505 e. The maximum Gasteiger partial charge on any atom is 0.360 e. The number of hydrogen-bond acceptors (Lipinski definition) is 5. The molecule has 3 aromatic rings. The summed E-state index contributed by atoms with van der Waals surface area (Å²) in [5.41, 5.74) is -0.179. The SMILES string of the molecule is CCOC(=O)c1nc(Br)c2cc(Oc3ccc(F)cc3Cl)ccc2c1O. The summed E-state index contributed by atoms with van der Waals surface area (Å²) in [6.07, 6.45) is 0. The first-order chi connectivity index (χ1) is 12.4. The molecule has 1 heterocycles. The van der Waals surface area contributed by atoms with Crippen molar-refractivity contribution in [3.8, 4) is 17.2 Å². The molecule has 0 amide bonds. The minimum atomic E-state index is -0.717. The summed E-state index contributed by atoms with van der Waals surface area (Å²) in [7, 11) is 0. The van der Waals surface area contributed by atoms with E-state index in [1.54, 1.807) is 25.1 Å². The fourth-order valence-electron chi connectivity index (χ4n) is 2.33. The molecule has 0 saturated heterocycles. The third-order valence-electron chi connectivity index (χ3n) is 3.49. The number of aromatic nitrogens is 1. The largest absolute Gasteiger partial charge is 0.505 e. The number of hydrogen-bond donors (Lipinski definition) is 1. The lowest BCUT2D eigenvalue weighted by Gasteiger charge is -2.11. The van der Waals surface area contributed by atoms with E-state index in [2.05, 4.69) is 20.9 Å². The summed E-state index contributed by atoms with van der Waals surface area (Å²) in [6, 6.07) is 8.57. The van der Waals surface area contributed by atoms with Gasteiger partial charge in [-0.1, -0.05) is 11.6 Å². The van der Waals surface area contributed by atoms with Crippen molar-refractivity contribution in [1.82, 2.24) is 4.98 Å². The highest BCUT2D eigenvalue weighted by Gasteiger charge is 2.20. The van der Waals surface area contributed by atoms with Crippen LogP contribution in [0.1, 0.15) is 17.4 Å². The second-order valence-corrected chi connectivity index (χ2v) is 6.36. The van der Waals surface area contributed by atoms with E-state index < -0.39 is 11.8 Å². The molecule has 0 unspecified atom stereocenters. The van der Waals surface area contributed by atoms with Gasteiger partial charge in [0.25, 0.3) is 0 Å². The predicted molar refractivity (Wildman–Crippen MR) is 98.5 cm³/mol. The Kier molecular flexibility index (Phi) is 5.29. The monoisotopic (exact) mass is 439 g/mol. The number of ether oxygens (including phenoxy) is 2. The number of pyridine rings is 1. The normalized spacial score (nSPS) is 10.8. The maximum absolute atomic E-state index is 13.1. The number of esters is 1. The van der Waals surface area contributed by atoms with Crippen molar-refractivity contribution in [3.63, 3.8) is 0 Å². The summed E-state index contributed by atoms with van der Waals surface area (Å²) < 4.78 is 24.0. The molecule has 3 rings (SSSR count). The Morgan fingerprint density at radius 1 is 1.27 bits per heavy atom. The van der Waals surface area contributed by atoms with Crippen molar-refractivity contribution in [3.05, 3.63) is 57.5 Å². The molecule has 1 N–H and O–H groups in total. The molecular weight excluding hydrogens is 429 g/mol. The minimum absolute atomic E-state index is 0.128. The van der Waals surface area contributed by atoms with Crippen molar-refractivity contribution < 1.29 is 23.8 Å². The molecule has 5 nitrogen and oxygen atoms in total. The van der Waals surface area contributed by atoms with Crippen LogP contribution >= 0.6 is 27.5 Å². The first-order valence-electron chi connectivity index (χ1n) is 7.53. The van der Waals surface area contributed by atoms with Crippen molar-refractivity contribution in [2.75, 3.05) is 6.61 Å². The van der Waals surface area contributed by atoms with E-state index in [1.807, 2.05) is 0 Å². The topological polar surface area (TPSA) is 68.7 Å². The summed E-state index contributed by atoms with van der Waals surface area (Å²) >= 11 is 9.25. The van der Waals surface area contributed by atoms with Crippen molar-refractivity contribution in [1.29, 1.82) is 0 Å².